The fourth-order valence-electron chi connectivity index (χ4n) is 4.86. The SMILES string of the molecule is C=C(N)/C=C\C(=C)CCC1(C(C)C)CC(=O)C(C(C)/C(=C/C(C)=C/OCC(=O)CC)C(=C)C(C)(C)C)=C(O)C1. The number of ether oxygens (including phenoxy) is 1. The summed E-state index contributed by atoms with van der Waals surface area (Å²) in [5.41, 5.74) is 9.41. The van der Waals surface area contributed by atoms with Crippen LogP contribution < -0.4 is 5.73 Å². The lowest BCUT2D eigenvalue weighted by molar-refractivity contribution is -0.122. The molecule has 0 amide bonds. The minimum Gasteiger partial charge on any atom is -0.512 e. The van der Waals surface area contributed by atoms with Crippen molar-refractivity contribution < 1.29 is 19.4 Å². The van der Waals surface area contributed by atoms with Crippen LogP contribution in [0.2, 0.25) is 0 Å². The summed E-state index contributed by atoms with van der Waals surface area (Å²) < 4.78 is 5.47. The first-order chi connectivity index (χ1) is 17.9. The summed E-state index contributed by atoms with van der Waals surface area (Å²) in [6, 6.07) is 0. The van der Waals surface area contributed by atoms with E-state index in [2.05, 4.69) is 54.4 Å². The van der Waals surface area contributed by atoms with E-state index in [1.54, 1.807) is 19.3 Å². The van der Waals surface area contributed by atoms with Crippen molar-refractivity contribution in [2.75, 3.05) is 6.61 Å². The van der Waals surface area contributed by atoms with E-state index < -0.39 is 0 Å². The number of carbonyl (C=O) groups excluding carboxylic acids is 2. The second-order valence-electron chi connectivity index (χ2n) is 12.3. The number of aliphatic hydroxyl groups is 1. The number of ketones is 2. The molecule has 2 unspecified atom stereocenters. The maximum atomic E-state index is 13.8. The van der Waals surface area contributed by atoms with E-state index in [9.17, 15) is 14.7 Å². The molecule has 1 rings (SSSR count). The van der Waals surface area contributed by atoms with Crippen molar-refractivity contribution in [1.29, 1.82) is 0 Å². The molecule has 0 saturated heterocycles. The molecule has 5 heteroatoms. The largest absolute Gasteiger partial charge is 0.512 e. The number of hydrogen-bond acceptors (Lipinski definition) is 5. The Morgan fingerprint density at radius 3 is 2.26 bits per heavy atom. The van der Waals surface area contributed by atoms with Crippen molar-refractivity contribution in [3.05, 3.63) is 83.5 Å². The minimum absolute atomic E-state index is 0.0247. The Balaban J connectivity index is 3.40. The molecule has 0 fully saturated rings. The number of Topliss-reactive ketones (excluding diaryl/α,β-unsaturated/α-hetero) is 2. The van der Waals surface area contributed by atoms with Gasteiger partial charge in [0, 0.05) is 36.5 Å². The molecule has 0 saturated carbocycles. The maximum absolute atomic E-state index is 13.8. The van der Waals surface area contributed by atoms with Gasteiger partial charge in [-0.2, -0.15) is 0 Å². The van der Waals surface area contributed by atoms with Crippen molar-refractivity contribution in [1.82, 2.24) is 0 Å². The number of allylic oxidation sites excluding steroid dienone is 9. The molecule has 0 spiro atoms. The van der Waals surface area contributed by atoms with Crippen LogP contribution in [-0.4, -0.2) is 23.3 Å². The smallest absolute Gasteiger partial charge is 0.169 e. The molecule has 0 aromatic heterocycles. The van der Waals surface area contributed by atoms with Gasteiger partial charge in [-0.25, -0.2) is 0 Å². The van der Waals surface area contributed by atoms with Crippen molar-refractivity contribution in [2.24, 2.45) is 28.4 Å². The Morgan fingerprint density at radius 1 is 1.15 bits per heavy atom. The fraction of sp³-hybridized carbons (Fsp3) is 0.529. The molecule has 0 heterocycles. The van der Waals surface area contributed by atoms with E-state index in [4.69, 9.17) is 10.5 Å². The molecule has 0 radical (unpaired) electrons. The average molecular weight is 538 g/mol. The third kappa shape index (κ3) is 9.87. The molecule has 216 valence electrons. The topological polar surface area (TPSA) is 89.6 Å². The molecule has 0 aromatic carbocycles. The average Bonchev–Trinajstić information content (AvgIpc) is 2.82. The highest BCUT2D eigenvalue weighted by Gasteiger charge is 2.44. The van der Waals surface area contributed by atoms with E-state index in [1.807, 2.05) is 26.0 Å². The van der Waals surface area contributed by atoms with Gasteiger partial charge in [0.05, 0.1) is 6.26 Å². The van der Waals surface area contributed by atoms with Gasteiger partial charge >= 0.3 is 0 Å². The van der Waals surface area contributed by atoms with E-state index in [0.717, 1.165) is 28.7 Å². The normalized spacial score (nSPS) is 20.0. The predicted molar refractivity (Wildman–Crippen MR) is 163 cm³/mol. The van der Waals surface area contributed by atoms with E-state index in [-0.39, 0.29) is 46.6 Å². The zero-order chi connectivity index (χ0) is 30.1. The third-order valence-electron chi connectivity index (χ3n) is 7.79. The fourth-order valence-corrected chi connectivity index (χ4v) is 4.86. The lowest BCUT2D eigenvalue weighted by Gasteiger charge is -2.42. The molecular formula is C34H51NO4. The quantitative estimate of drug-likeness (QED) is 0.172. The Bertz CT molecular complexity index is 1090. The van der Waals surface area contributed by atoms with E-state index in [0.29, 0.717) is 37.0 Å². The summed E-state index contributed by atoms with van der Waals surface area (Å²) in [6.45, 7) is 28.3. The monoisotopic (exact) mass is 537 g/mol. The lowest BCUT2D eigenvalue weighted by atomic mass is 9.62. The summed E-state index contributed by atoms with van der Waals surface area (Å²) in [5.74, 6) is -0.0204. The number of carbonyl (C=O) groups is 2. The second kappa shape index (κ2) is 14.3. The molecule has 2 atom stereocenters. The van der Waals surface area contributed by atoms with Gasteiger partial charge in [0.15, 0.2) is 11.6 Å². The minimum atomic E-state index is -0.360. The second-order valence-corrected chi connectivity index (χ2v) is 12.3. The molecular weight excluding hydrogens is 486 g/mol. The first-order valence-electron chi connectivity index (χ1n) is 13.9. The summed E-state index contributed by atoms with van der Waals surface area (Å²) in [7, 11) is 0. The first kappa shape index (κ1) is 33.9. The first-order valence-corrected chi connectivity index (χ1v) is 13.9. The molecule has 1 aliphatic rings. The summed E-state index contributed by atoms with van der Waals surface area (Å²) >= 11 is 0. The highest BCUT2D eigenvalue weighted by atomic mass is 16.5. The van der Waals surface area contributed by atoms with Crippen LogP contribution in [0.3, 0.4) is 0 Å². The zero-order valence-electron chi connectivity index (χ0n) is 25.6. The molecule has 39 heavy (non-hydrogen) atoms. The number of aliphatic hydroxyl groups excluding tert-OH is 1. The van der Waals surface area contributed by atoms with E-state index in [1.165, 1.54) is 0 Å². The predicted octanol–water partition coefficient (Wildman–Crippen LogP) is 8.23. The van der Waals surface area contributed by atoms with Crippen LogP contribution in [0.4, 0.5) is 0 Å². The van der Waals surface area contributed by atoms with Crippen molar-refractivity contribution in [2.45, 2.75) is 87.5 Å². The molecule has 0 bridgehead atoms. The highest BCUT2D eigenvalue weighted by molar-refractivity contribution is 5.98. The van der Waals surface area contributed by atoms with Gasteiger partial charge in [0.2, 0.25) is 0 Å². The van der Waals surface area contributed by atoms with Crippen LogP contribution in [0.15, 0.2) is 83.5 Å². The Kier molecular flexibility index (Phi) is 12.5. The number of rotatable bonds is 14. The van der Waals surface area contributed by atoms with Crippen LogP contribution in [0.25, 0.3) is 0 Å². The van der Waals surface area contributed by atoms with Crippen molar-refractivity contribution in [3.63, 3.8) is 0 Å². The molecule has 0 aliphatic heterocycles. The van der Waals surface area contributed by atoms with Crippen LogP contribution in [0.1, 0.15) is 87.5 Å². The van der Waals surface area contributed by atoms with Crippen molar-refractivity contribution in [3.8, 4) is 0 Å². The highest BCUT2D eigenvalue weighted by Crippen LogP contribution is 2.49. The van der Waals surface area contributed by atoms with Gasteiger partial charge in [-0.3, -0.25) is 9.59 Å². The van der Waals surface area contributed by atoms with Crippen LogP contribution >= 0.6 is 0 Å². The van der Waals surface area contributed by atoms with Gasteiger partial charge in [0.1, 0.15) is 12.4 Å². The lowest BCUT2D eigenvalue weighted by Crippen LogP contribution is -2.37. The molecule has 1 aliphatic carbocycles. The van der Waals surface area contributed by atoms with Crippen molar-refractivity contribution >= 4 is 11.6 Å². The van der Waals surface area contributed by atoms with E-state index >= 15 is 0 Å². The third-order valence-corrected chi connectivity index (χ3v) is 7.79. The summed E-state index contributed by atoms with van der Waals surface area (Å²) in [6.07, 6.45) is 9.76. The molecule has 0 aromatic rings. The molecule has 5 nitrogen and oxygen atoms in total. The molecule has 3 N–H and O–H groups in total. The Labute approximate surface area is 237 Å². The van der Waals surface area contributed by atoms with Gasteiger partial charge < -0.3 is 15.6 Å². The summed E-state index contributed by atoms with van der Waals surface area (Å²) in [5, 5.41) is 11.4. The summed E-state index contributed by atoms with van der Waals surface area (Å²) in [4.78, 5) is 25.4. The Hall–Kier alpha value is -3.08. The van der Waals surface area contributed by atoms with Crippen LogP contribution in [-0.2, 0) is 14.3 Å². The standard InChI is InChI=1S/C34H51NO4/c1-12-28(36)21-39-20-24(5)17-29(27(8)33(9,10)11)26(7)32-30(37)18-34(22(2)3,19-31(32)38)16-15-23(4)13-14-25(6)35/h13-14,17,20,22,26,37H,4,6,8,12,15-16,18-19,21,35H2,1-3,5,7,9-11H3/b14-13-,24-20+,29-17-. The van der Waals surface area contributed by atoms with Crippen LogP contribution in [0.5, 0.6) is 0 Å². The van der Waals surface area contributed by atoms with Gasteiger partial charge in [-0.1, -0.05) is 85.9 Å². The number of hydrogen-bond donors (Lipinski definition) is 2. The van der Waals surface area contributed by atoms with Gasteiger partial charge in [-0.15, -0.1) is 0 Å². The Morgan fingerprint density at radius 2 is 1.77 bits per heavy atom. The van der Waals surface area contributed by atoms with Gasteiger partial charge in [-0.05, 0) is 59.3 Å². The zero-order valence-corrected chi connectivity index (χ0v) is 25.6. The maximum Gasteiger partial charge on any atom is 0.169 e. The van der Waals surface area contributed by atoms with Gasteiger partial charge in [0.25, 0.3) is 0 Å². The van der Waals surface area contributed by atoms with Crippen LogP contribution in [0, 0.1) is 22.7 Å². The number of nitrogens with two attached hydrogens (primary N) is 1.